The molecule has 0 aromatic carbocycles. The second kappa shape index (κ2) is 4.54. The van der Waals surface area contributed by atoms with E-state index in [1.807, 2.05) is 47.9 Å². The van der Waals surface area contributed by atoms with Crippen molar-refractivity contribution < 1.29 is 0 Å². The van der Waals surface area contributed by atoms with Crippen molar-refractivity contribution in [2.45, 2.75) is 13.3 Å². The average molecular weight is 248 g/mol. The Labute approximate surface area is 111 Å². The van der Waals surface area contributed by atoms with Crippen molar-refractivity contribution in [3.63, 3.8) is 0 Å². The smallest absolute Gasteiger partial charge is 0.140 e. The molecule has 0 atom stereocenters. The van der Waals surface area contributed by atoms with Gasteiger partial charge in [-0.1, -0.05) is 12.1 Å². The van der Waals surface area contributed by atoms with Crippen LogP contribution >= 0.6 is 0 Å². The van der Waals surface area contributed by atoms with E-state index >= 15 is 0 Å². The van der Waals surface area contributed by atoms with Gasteiger partial charge in [0.25, 0.3) is 0 Å². The molecule has 19 heavy (non-hydrogen) atoms. The van der Waals surface area contributed by atoms with E-state index in [2.05, 4.69) is 16.0 Å². The van der Waals surface area contributed by atoms with Crippen LogP contribution in [0.25, 0.3) is 17.0 Å². The Hall–Kier alpha value is -2.67. The minimum Gasteiger partial charge on any atom is -0.302 e. The highest BCUT2D eigenvalue weighted by atomic mass is 15.0. The van der Waals surface area contributed by atoms with Crippen LogP contribution < -0.4 is 0 Å². The molecule has 0 radical (unpaired) electrons. The minimum atomic E-state index is 0.316. The summed E-state index contributed by atoms with van der Waals surface area (Å²) in [6.07, 6.45) is 3.99. The number of pyridine rings is 2. The fourth-order valence-corrected chi connectivity index (χ4v) is 2.20. The lowest BCUT2D eigenvalue weighted by molar-refractivity contribution is 1.05. The summed E-state index contributed by atoms with van der Waals surface area (Å²) in [5.74, 6) is 0. The Morgan fingerprint density at radius 2 is 2.16 bits per heavy atom. The average Bonchev–Trinajstić information content (AvgIpc) is 2.81. The van der Waals surface area contributed by atoms with Crippen molar-refractivity contribution in [2.24, 2.45) is 0 Å². The first-order valence-corrected chi connectivity index (χ1v) is 6.06. The van der Waals surface area contributed by atoms with Gasteiger partial charge in [-0.15, -0.1) is 0 Å². The molecule has 3 aromatic heterocycles. The highest BCUT2D eigenvalue weighted by molar-refractivity contribution is 5.65. The van der Waals surface area contributed by atoms with Gasteiger partial charge in [-0.3, -0.25) is 4.98 Å². The molecule has 0 bridgehead atoms. The summed E-state index contributed by atoms with van der Waals surface area (Å²) in [6.45, 7) is 2.01. The lowest BCUT2D eigenvalue weighted by atomic mass is 10.2. The molecule has 0 N–H and O–H groups in total. The zero-order chi connectivity index (χ0) is 13.2. The van der Waals surface area contributed by atoms with Gasteiger partial charge in [-0.05, 0) is 30.7 Å². The predicted octanol–water partition coefficient (Wildman–Crippen LogP) is 2.77. The third kappa shape index (κ3) is 1.85. The second-order valence-corrected chi connectivity index (χ2v) is 4.34. The lowest BCUT2D eigenvalue weighted by Gasteiger charge is -2.00. The quantitative estimate of drug-likeness (QED) is 0.700. The van der Waals surface area contributed by atoms with Gasteiger partial charge in [0.2, 0.25) is 0 Å². The number of imidazole rings is 1. The Morgan fingerprint density at radius 1 is 1.26 bits per heavy atom. The largest absolute Gasteiger partial charge is 0.302 e. The molecule has 3 heterocycles. The molecule has 4 nitrogen and oxygen atoms in total. The van der Waals surface area contributed by atoms with Crippen LogP contribution in [-0.4, -0.2) is 14.4 Å². The summed E-state index contributed by atoms with van der Waals surface area (Å²) in [6, 6.07) is 11.9. The summed E-state index contributed by atoms with van der Waals surface area (Å²) in [4.78, 5) is 8.98. The molecule has 0 saturated heterocycles. The first kappa shape index (κ1) is 11.4. The number of hydrogen-bond donors (Lipinski definition) is 0. The maximum Gasteiger partial charge on any atom is 0.140 e. The van der Waals surface area contributed by atoms with Gasteiger partial charge < -0.3 is 4.40 Å². The number of nitrogens with zero attached hydrogens (tertiary/aromatic N) is 4. The highest BCUT2D eigenvalue weighted by Gasteiger charge is 2.15. The molecule has 92 valence electrons. The number of hydrogen-bond acceptors (Lipinski definition) is 3. The van der Waals surface area contributed by atoms with E-state index in [-0.39, 0.29) is 0 Å². The lowest BCUT2D eigenvalue weighted by Crippen LogP contribution is -1.94. The fraction of sp³-hybridized carbons (Fsp3) is 0.133. The van der Waals surface area contributed by atoms with E-state index in [9.17, 15) is 0 Å². The fourth-order valence-electron chi connectivity index (χ4n) is 2.20. The predicted molar refractivity (Wildman–Crippen MR) is 72.5 cm³/mol. The van der Waals surface area contributed by atoms with Gasteiger partial charge in [0, 0.05) is 12.4 Å². The normalized spacial score (nSPS) is 10.5. The summed E-state index contributed by atoms with van der Waals surface area (Å²) >= 11 is 0. The number of rotatable bonds is 2. The van der Waals surface area contributed by atoms with E-state index in [0.717, 1.165) is 28.3 Å². The molecule has 0 aliphatic heterocycles. The summed E-state index contributed by atoms with van der Waals surface area (Å²) in [7, 11) is 0. The standard InChI is InChI=1S/C15H12N4/c1-11-5-4-10-19-13(7-8-16)14(18-15(11)19)12-6-2-3-9-17-12/h2-6,9-10H,7H2,1H3. The van der Waals surface area contributed by atoms with Crippen LogP contribution in [0.3, 0.4) is 0 Å². The molecule has 0 saturated carbocycles. The molecule has 3 rings (SSSR count). The number of nitriles is 1. The molecular formula is C15H12N4. The van der Waals surface area contributed by atoms with Crippen LogP contribution in [0, 0.1) is 18.3 Å². The van der Waals surface area contributed by atoms with E-state index in [1.165, 1.54) is 0 Å². The zero-order valence-corrected chi connectivity index (χ0v) is 10.5. The SMILES string of the molecule is Cc1cccn2c(CC#N)c(-c3ccccn3)nc12. The Bertz CT molecular complexity index is 766. The third-order valence-corrected chi connectivity index (χ3v) is 3.10. The van der Waals surface area contributed by atoms with Crippen LogP contribution in [0.15, 0.2) is 42.7 Å². The van der Waals surface area contributed by atoms with Crippen LogP contribution in [-0.2, 0) is 6.42 Å². The summed E-state index contributed by atoms with van der Waals surface area (Å²) < 4.78 is 1.97. The van der Waals surface area contributed by atoms with E-state index in [0.29, 0.717) is 6.42 Å². The molecule has 0 unspecified atom stereocenters. The second-order valence-electron chi connectivity index (χ2n) is 4.34. The van der Waals surface area contributed by atoms with Crippen LogP contribution in [0.2, 0.25) is 0 Å². The number of fused-ring (bicyclic) bond motifs is 1. The number of aryl methyl sites for hydroxylation is 1. The molecule has 0 aliphatic carbocycles. The van der Waals surface area contributed by atoms with Crippen LogP contribution in [0.5, 0.6) is 0 Å². The molecule has 0 amide bonds. The van der Waals surface area contributed by atoms with Gasteiger partial charge in [0.05, 0.1) is 23.9 Å². The highest BCUT2D eigenvalue weighted by Crippen LogP contribution is 2.24. The van der Waals surface area contributed by atoms with Gasteiger partial charge in [0.15, 0.2) is 0 Å². The maximum atomic E-state index is 9.03. The first-order chi connectivity index (χ1) is 9.31. The Morgan fingerprint density at radius 3 is 2.89 bits per heavy atom. The van der Waals surface area contributed by atoms with Gasteiger partial charge >= 0.3 is 0 Å². The van der Waals surface area contributed by atoms with E-state index in [4.69, 9.17) is 5.26 Å². The molecule has 0 aliphatic rings. The molecule has 0 spiro atoms. The monoisotopic (exact) mass is 248 g/mol. The van der Waals surface area contributed by atoms with E-state index < -0.39 is 0 Å². The summed E-state index contributed by atoms with van der Waals surface area (Å²) in [5.41, 5.74) is 4.45. The van der Waals surface area contributed by atoms with Gasteiger partial charge in [-0.2, -0.15) is 5.26 Å². The van der Waals surface area contributed by atoms with Crippen molar-refractivity contribution in [1.82, 2.24) is 14.4 Å². The minimum absolute atomic E-state index is 0.316. The molecule has 0 fully saturated rings. The van der Waals surface area contributed by atoms with Crippen molar-refractivity contribution in [2.75, 3.05) is 0 Å². The first-order valence-electron chi connectivity index (χ1n) is 6.06. The van der Waals surface area contributed by atoms with Gasteiger partial charge in [0.1, 0.15) is 11.3 Å². The van der Waals surface area contributed by atoms with Crippen molar-refractivity contribution in [1.29, 1.82) is 5.26 Å². The molecular weight excluding hydrogens is 236 g/mol. The van der Waals surface area contributed by atoms with Gasteiger partial charge in [-0.25, -0.2) is 4.98 Å². The van der Waals surface area contributed by atoms with Crippen molar-refractivity contribution >= 4 is 5.65 Å². The Balaban J connectivity index is 2.33. The van der Waals surface area contributed by atoms with Crippen LogP contribution in [0.1, 0.15) is 11.3 Å². The maximum absolute atomic E-state index is 9.03. The third-order valence-electron chi connectivity index (χ3n) is 3.10. The Kier molecular flexibility index (Phi) is 2.73. The number of aromatic nitrogens is 3. The van der Waals surface area contributed by atoms with Crippen LogP contribution in [0.4, 0.5) is 0 Å². The molecule has 3 aromatic rings. The zero-order valence-electron chi connectivity index (χ0n) is 10.5. The van der Waals surface area contributed by atoms with Crippen molar-refractivity contribution in [3.05, 3.63) is 54.0 Å². The molecule has 4 heteroatoms. The van der Waals surface area contributed by atoms with E-state index in [1.54, 1.807) is 6.20 Å². The van der Waals surface area contributed by atoms with Crippen molar-refractivity contribution in [3.8, 4) is 17.5 Å². The summed E-state index contributed by atoms with van der Waals surface area (Å²) in [5, 5.41) is 9.03. The topological polar surface area (TPSA) is 54.0 Å².